The number of carbonyl (C=O) groups excluding carboxylic acids is 1. The molecular formula is C16H11Cl2N3O2. The Morgan fingerprint density at radius 3 is 2.43 bits per heavy atom. The van der Waals surface area contributed by atoms with Crippen molar-refractivity contribution in [3.63, 3.8) is 0 Å². The summed E-state index contributed by atoms with van der Waals surface area (Å²) in [4.78, 5) is 24.5. The first-order valence-electron chi connectivity index (χ1n) is 6.60. The maximum atomic E-state index is 12.8. The fourth-order valence-corrected chi connectivity index (χ4v) is 2.89. The van der Waals surface area contributed by atoms with Crippen molar-refractivity contribution in [2.24, 2.45) is 5.73 Å². The number of benzene rings is 2. The fraction of sp³-hybridized carbons (Fsp3) is 0. The van der Waals surface area contributed by atoms with Gasteiger partial charge >= 0.3 is 0 Å². The van der Waals surface area contributed by atoms with Gasteiger partial charge in [0.05, 0.1) is 21.9 Å². The molecular weight excluding hydrogens is 337 g/mol. The van der Waals surface area contributed by atoms with Gasteiger partial charge in [-0.15, -0.1) is 0 Å². The number of anilines is 1. The zero-order valence-electron chi connectivity index (χ0n) is 11.7. The quantitative estimate of drug-likeness (QED) is 0.746. The summed E-state index contributed by atoms with van der Waals surface area (Å²) in [5.41, 5.74) is 11.3. The zero-order valence-corrected chi connectivity index (χ0v) is 13.2. The highest BCUT2D eigenvalue weighted by Gasteiger charge is 2.20. The molecule has 0 spiro atoms. The third-order valence-electron chi connectivity index (χ3n) is 3.52. The lowest BCUT2D eigenvalue weighted by Gasteiger charge is -2.15. The van der Waals surface area contributed by atoms with Gasteiger partial charge in [-0.25, -0.2) is 0 Å². The van der Waals surface area contributed by atoms with Crippen LogP contribution in [0.4, 0.5) is 5.69 Å². The lowest BCUT2D eigenvalue weighted by Crippen LogP contribution is -2.30. The highest BCUT2D eigenvalue weighted by atomic mass is 35.5. The first-order valence-corrected chi connectivity index (χ1v) is 7.36. The van der Waals surface area contributed by atoms with Crippen molar-refractivity contribution in [2.45, 2.75) is 0 Å². The average molecular weight is 348 g/mol. The van der Waals surface area contributed by atoms with Crippen LogP contribution in [-0.2, 0) is 0 Å². The van der Waals surface area contributed by atoms with Crippen molar-refractivity contribution in [3.05, 3.63) is 68.4 Å². The smallest absolute Gasteiger partial charge is 0.270 e. The largest absolute Gasteiger partial charge is 0.397 e. The Hall–Kier alpha value is -2.50. The van der Waals surface area contributed by atoms with Crippen LogP contribution >= 0.6 is 23.2 Å². The van der Waals surface area contributed by atoms with Crippen molar-refractivity contribution in [1.82, 2.24) is 4.57 Å². The van der Waals surface area contributed by atoms with Crippen LogP contribution in [0.1, 0.15) is 10.4 Å². The molecule has 116 valence electrons. The number of nitrogens with two attached hydrogens (primary N) is 2. The van der Waals surface area contributed by atoms with Crippen LogP contribution in [-0.4, -0.2) is 10.5 Å². The number of amides is 1. The molecule has 7 heteroatoms. The summed E-state index contributed by atoms with van der Waals surface area (Å²) in [5, 5.41) is 1.25. The number of pyridine rings is 1. The number of fused-ring (bicyclic) bond motifs is 1. The Balaban J connectivity index is 2.59. The maximum Gasteiger partial charge on any atom is 0.270 e. The predicted octanol–water partition coefficient (Wildman–Crippen LogP) is 2.98. The van der Waals surface area contributed by atoms with E-state index in [0.29, 0.717) is 26.6 Å². The second-order valence-electron chi connectivity index (χ2n) is 4.91. The van der Waals surface area contributed by atoms with E-state index in [9.17, 15) is 9.59 Å². The molecule has 3 aromatic rings. The Kier molecular flexibility index (Phi) is 3.75. The first-order chi connectivity index (χ1) is 10.9. The molecule has 0 aliphatic heterocycles. The average Bonchev–Trinajstić information content (AvgIpc) is 2.48. The summed E-state index contributed by atoms with van der Waals surface area (Å²) in [6.45, 7) is 0. The number of para-hydroxylation sites is 1. The van der Waals surface area contributed by atoms with Gasteiger partial charge in [-0.3, -0.25) is 14.2 Å². The minimum absolute atomic E-state index is 0.0254. The van der Waals surface area contributed by atoms with E-state index in [-0.39, 0.29) is 11.3 Å². The molecule has 0 fully saturated rings. The number of carbonyl (C=O) groups is 1. The second kappa shape index (κ2) is 5.61. The van der Waals surface area contributed by atoms with Crippen LogP contribution in [0.5, 0.6) is 0 Å². The molecule has 0 radical (unpaired) electrons. The van der Waals surface area contributed by atoms with Gasteiger partial charge in [-0.05, 0) is 30.3 Å². The predicted molar refractivity (Wildman–Crippen MR) is 92.5 cm³/mol. The van der Waals surface area contributed by atoms with Crippen molar-refractivity contribution in [2.75, 3.05) is 5.73 Å². The molecule has 3 rings (SSSR count). The van der Waals surface area contributed by atoms with Crippen LogP contribution in [0.15, 0.2) is 47.3 Å². The van der Waals surface area contributed by atoms with Crippen LogP contribution in [0.3, 0.4) is 0 Å². The molecule has 4 N–H and O–H groups in total. The minimum atomic E-state index is -0.898. The Labute approximate surface area is 141 Å². The topological polar surface area (TPSA) is 91.1 Å². The van der Waals surface area contributed by atoms with Gasteiger partial charge in [0, 0.05) is 10.4 Å². The second-order valence-corrected chi connectivity index (χ2v) is 5.75. The number of hydrogen-bond acceptors (Lipinski definition) is 3. The molecule has 5 nitrogen and oxygen atoms in total. The van der Waals surface area contributed by atoms with Crippen molar-refractivity contribution < 1.29 is 4.79 Å². The lowest BCUT2D eigenvalue weighted by atomic mass is 10.1. The van der Waals surface area contributed by atoms with Crippen LogP contribution in [0, 0.1) is 0 Å². The minimum Gasteiger partial charge on any atom is -0.397 e. The summed E-state index contributed by atoms with van der Waals surface area (Å²) in [6.07, 6.45) is 0. The molecule has 0 unspecified atom stereocenters. The summed E-state index contributed by atoms with van der Waals surface area (Å²) in [5.74, 6) is -0.898. The van der Waals surface area contributed by atoms with E-state index in [1.807, 2.05) is 0 Å². The highest BCUT2D eigenvalue weighted by Crippen LogP contribution is 2.29. The molecule has 0 saturated carbocycles. The fourth-order valence-electron chi connectivity index (χ4n) is 2.50. The lowest BCUT2D eigenvalue weighted by molar-refractivity contribution is 0.0999. The molecule has 2 aromatic carbocycles. The monoisotopic (exact) mass is 347 g/mol. The van der Waals surface area contributed by atoms with Crippen LogP contribution < -0.4 is 17.0 Å². The number of hydrogen-bond donors (Lipinski definition) is 2. The summed E-state index contributed by atoms with van der Waals surface area (Å²) in [7, 11) is 0. The van der Waals surface area contributed by atoms with E-state index in [2.05, 4.69) is 0 Å². The standard InChI is InChI=1S/C16H11Cl2N3O2/c17-8-5-6-9-12(7-8)21(11-4-2-1-3-10(11)18)16(23)13(14(9)19)15(20)22/h1-7H,19H2,(H2,20,22). The molecule has 0 aliphatic rings. The zero-order chi connectivity index (χ0) is 16.7. The molecule has 1 aromatic heterocycles. The SMILES string of the molecule is NC(=O)c1c(N)c2ccc(Cl)cc2n(-c2ccccc2Cl)c1=O. The van der Waals surface area contributed by atoms with Crippen molar-refractivity contribution >= 4 is 45.7 Å². The van der Waals surface area contributed by atoms with E-state index < -0.39 is 11.5 Å². The van der Waals surface area contributed by atoms with Crippen LogP contribution in [0.2, 0.25) is 10.0 Å². The van der Waals surface area contributed by atoms with Gasteiger partial charge in [0.1, 0.15) is 5.56 Å². The third-order valence-corrected chi connectivity index (χ3v) is 4.07. The molecule has 1 heterocycles. The van der Waals surface area contributed by atoms with E-state index in [1.54, 1.807) is 42.5 Å². The normalized spacial score (nSPS) is 10.9. The number of halogens is 2. The van der Waals surface area contributed by atoms with Gasteiger partial charge in [0.2, 0.25) is 0 Å². The number of aromatic nitrogens is 1. The maximum absolute atomic E-state index is 12.8. The summed E-state index contributed by atoms with van der Waals surface area (Å²) >= 11 is 12.2. The third kappa shape index (κ3) is 2.44. The van der Waals surface area contributed by atoms with Gasteiger partial charge in [0.15, 0.2) is 0 Å². The van der Waals surface area contributed by atoms with Crippen molar-refractivity contribution in [3.8, 4) is 5.69 Å². The van der Waals surface area contributed by atoms with Gasteiger partial charge in [-0.1, -0.05) is 35.3 Å². The Morgan fingerprint density at radius 1 is 1.09 bits per heavy atom. The van der Waals surface area contributed by atoms with Gasteiger partial charge < -0.3 is 11.5 Å². The van der Waals surface area contributed by atoms with E-state index in [4.69, 9.17) is 34.7 Å². The highest BCUT2D eigenvalue weighted by molar-refractivity contribution is 6.32. The molecule has 23 heavy (non-hydrogen) atoms. The molecule has 0 atom stereocenters. The van der Waals surface area contributed by atoms with E-state index >= 15 is 0 Å². The van der Waals surface area contributed by atoms with Crippen molar-refractivity contribution in [1.29, 1.82) is 0 Å². The molecule has 0 saturated heterocycles. The molecule has 0 aliphatic carbocycles. The van der Waals surface area contributed by atoms with E-state index in [1.165, 1.54) is 4.57 Å². The van der Waals surface area contributed by atoms with Gasteiger partial charge in [0.25, 0.3) is 11.5 Å². The number of nitrogen functional groups attached to an aromatic ring is 1. The van der Waals surface area contributed by atoms with E-state index in [0.717, 1.165) is 0 Å². The number of nitrogens with zero attached hydrogens (tertiary/aromatic N) is 1. The molecule has 1 amide bonds. The van der Waals surface area contributed by atoms with Crippen LogP contribution in [0.25, 0.3) is 16.6 Å². The Bertz CT molecular complexity index is 1010. The summed E-state index contributed by atoms with van der Waals surface area (Å²) in [6, 6.07) is 11.6. The number of primary amides is 1. The first kappa shape index (κ1) is 15.4. The number of rotatable bonds is 2. The van der Waals surface area contributed by atoms with Gasteiger partial charge in [-0.2, -0.15) is 0 Å². The Morgan fingerprint density at radius 2 is 1.78 bits per heavy atom. The summed E-state index contributed by atoms with van der Waals surface area (Å²) < 4.78 is 1.29. The molecule has 0 bridgehead atoms.